The fraction of sp³-hybridized carbons (Fsp3) is 0.545. The van der Waals surface area contributed by atoms with Crippen molar-refractivity contribution in [1.29, 1.82) is 0 Å². The maximum atomic E-state index is 11.4. The quantitative estimate of drug-likeness (QED) is 0.785. The number of carbonyl (C=O) groups excluding carboxylic acids is 1. The van der Waals surface area contributed by atoms with Crippen molar-refractivity contribution in [3.8, 4) is 0 Å². The molecule has 0 bridgehead atoms. The maximum Gasteiger partial charge on any atom is 0.322 e. The first-order chi connectivity index (χ1) is 7.19. The molecule has 0 saturated carbocycles. The van der Waals surface area contributed by atoms with Gasteiger partial charge in [0, 0.05) is 10.9 Å². The van der Waals surface area contributed by atoms with Gasteiger partial charge in [-0.15, -0.1) is 11.3 Å². The molecular formula is C11H17NO2S. The molecule has 15 heavy (non-hydrogen) atoms. The van der Waals surface area contributed by atoms with Crippen LogP contribution < -0.4 is 5.32 Å². The molecular weight excluding hydrogens is 210 g/mol. The van der Waals surface area contributed by atoms with Gasteiger partial charge in [0.15, 0.2) is 0 Å². The summed E-state index contributed by atoms with van der Waals surface area (Å²) in [7, 11) is 1.42. The maximum absolute atomic E-state index is 11.4. The molecule has 0 fully saturated rings. The molecule has 4 heteroatoms. The lowest BCUT2D eigenvalue weighted by Gasteiger charge is -2.19. The zero-order valence-corrected chi connectivity index (χ0v) is 10.1. The average molecular weight is 227 g/mol. The van der Waals surface area contributed by atoms with Crippen molar-refractivity contribution in [1.82, 2.24) is 5.32 Å². The second-order valence-electron chi connectivity index (χ2n) is 3.39. The van der Waals surface area contributed by atoms with Crippen molar-refractivity contribution in [3.05, 3.63) is 22.4 Å². The molecule has 0 saturated heterocycles. The van der Waals surface area contributed by atoms with Gasteiger partial charge in [-0.2, -0.15) is 0 Å². The van der Waals surface area contributed by atoms with Gasteiger partial charge in [0.25, 0.3) is 0 Å². The predicted molar refractivity (Wildman–Crippen MR) is 62.0 cm³/mol. The van der Waals surface area contributed by atoms with Crippen molar-refractivity contribution in [2.24, 2.45) is 0 Å². The predicted octanol–water partition coefficient (Wildman–Crippen LogP) is 2.35. The zero-order chi connectivity index (χ0) is 11.3. The van der Waals surface area contributed by atoms with E-state index in [4.69, 9.17) is 4.74 Å². The number of thiophene rings is 1. The molecule has 0 aliphatic rings. The Balaban J connectivity index is 2.56. The molecule has 0 spiro atoms. The van der Waals surface area contributed by atoms with E-state index in [2.05, 4.69) is 18.3 Å². The lowest BCUT2D eigenvalue weighted by molar-refractivity contribution is -0.143. The topological polar surface area (TPSA) is 38.3 Å². The fourth-order valence-corrected chi connectivity index (χ4v) is 2.16. The molecule has 3 nitrogen and oxygen atoms in total. The van der Waals surface area contributed by atoms with Crippen molar-refractivity contribution in [3.63, 3.8) is 0 Å². The normalized spacial score (nSPS) is 14.6. The van der Waals surface area contributed by atoms with Gasteiger partial charge in [0.2, 0.25) is 0 Å². The van der Waals surface area contributed by atoms with Crippen LogP contribution in [0.25, 0.3) is 0 Å². The molecule has 0 aromatic carbocycles. The number of rotatable bonds is 5. The summed E-state index contributed by atoms with van der Waals surface area (Å²) >= 11 is 1.69. The Hall–Kier alpha value is -0.870. The Bertz CT molecular complexity index is 298. The van der Waals surface area contributed by atoms with Crippen molar-refractivity contribution >= 4 is 17.3 Å². The standard InChI is InChI=1S/C11H17NO2S/c1-4-9(11(13)14-3)12-8(2)10-6-5-7-15-10/h5-9,12H,4H2,1-3H3. The van der Waals surface area contributed by atoms with E-state index in [0.29, 0.717) is 0 Å². The Kier molecular flexibility index (Phi) is 4.78. The molecule has 0 aliphatic carbocycles. The van der Waals surface area contributed by atoms with E-state index in [1.165, 1.54) is 12.0 Å². The van der Waals surface area contributed by atoms with E-state index in [0.717, 1.165) is 6.42 Å². The second kappa shape index (κ2) is 5.88. The van der Waals surface area contributed by atoms with Gasteiger partial charge >= 0.3 is 5.97 Å². The average Bonchev–Trinajstić information content (AvgIpc) is 2.77. The van der Waals surface area contributed by atoms with Crippen molar-refractivity contribution in [2.45, 2.75) is 32.4 Å². The van der Waals surface area contributed by atoms with Crippen LogP contribution in [0.15, 0.2) is 17.5 Å². The van der Waals surface area contributed by atoms with Crippen LogP contribution in [0.1, 0.15) is 31.2 Å². The van der Waals surface area contributed by atoms with Crippen LogP contribution in [0.3, 0.4) is 0 Å². The number of esters is 1. The number of carbonyl (C=O) groups is 1. The van der Waals surface area contributed by atoms with Crippen LogP contribution in [0.2, 0.25) is 0 Å². The highest BCUT2D eigenvalue weighted by atomic mass is 32.1. The third-order valence-corrected chi connectivity index (χ3v) is 3.37. The molecule has 1 heterocycles. The van der Waals surface area contributed by atoms with Crippen LogP contribution >= 0.6 is 11.3 Å². The molecule has 0 amide bonds. The van der Waals surface area contributed by atoms with E-state index in [9.17, 15) is 4.79 Å². The molecule has 1 aromatic heterocycles. The van der Waals surface area contributed by atoms with E-state index in [1.54, 1.807) is 11.3 Å². The van der Waals surface area contributed by atoms with Gasteiger partial charge in [0.1, 0.15) is 6.04 Å². The largest absolute Gasteiger partial charge is 0.468 e. The summed E-state index contributed by atoms with van der Waals surface area (Å²) in [5, 5.41) is 5.29. The monoisotopic (exact) mass is 227 g/mol. The number of methoxy groups -OCH3 is 1. The lowest BCUT2D eigenvalue weighted by atomic mass is 10.2. The summed E-state index contributed by atoms with van der Waals surface area (Å²) in [5.41, 5.74) is 0. The molecule has 1 rings (SSSR count). The summed E-state index contributed by atoms with van der Waals surface area (Å²) in [5.74, 6) is -0.194. The van der Waals surface area contributed by atoms with E-state index >= 15 is 0 Å². The molecule has 2 atom stereocenters. The highest BCUT2D eigenvalue weighted by Gasteiger charge is 2.19. The number of nitrogens with one attached hydrogen (secondary N) is 1. The Labute approximate surface area is 94.5 Å². The first kappa shape index (κ1) is 12.2. The number of hydrogen-bond acceptors (Lipinski definition) is 4. The number of hydrogen-bond donors (Lipinski definition) is 1. The summed E-state index contributed by atoms with van der Waals surface area (Å²) < 4.78 is 4.72. The summed E-state index contributed by atoms with van der Waals surface area (Å²) in [6.45, 7) is 4.02. The van der Waals surface area contributed by atoms with Crippen LogP contribution in [-0.2, 0) is 9.53 Å². The number of ether oxygens (including phenoxy) is 1. The molecule has 1 N–H and O–H groups in total. The first-order valence-corrected chi connectivity index (χ1v) is 5.94. The molecule has 0 radical (unpaired) electrons. The molecule has 0 aliphatic heterocycles. The molecule has 1 aromatic rings. The summed E-state index contributed by atoms with van der Waals surface area (Å²) in [4.78, 5) is 12.6. The molecule has 84 valence electrons. The van der Waals surface area contributed by atoms with Crippen molar-refractivity contribution in [2.75, 3.05) is 7.11 Å². The van der Waals surface area contributed by atoms with Gasteiger partial charge in [-0.05, 0) is 24.8 Å². The first-order valence-electron chi connectivity index (χ1n) is 5.06. The van der Waals surface area contributed by atoms with Crippen molar-refractivity contribution < 1.29 is 9.53 Å². The highest BCUT2D eigenvalue weighted by Crippen LogP contribution is 2.19. The third kappa shape index (κ3) is 3.32. The minimum Gasteiger partial charge on any atom is -0.468 e. The molecule has 2 unspecified atom stereocenters. The van der Waals surface area contributed by atoms with E-state index in [1.807, 2.05) is 18.4 Å². The Morgan fingerprint density at radius 1 is 1.67 bits per heavy atom. The van der Waals surface area contributed by atoms with E-state index < -0.39 is 0 Å². The second-order valence-corrected chi connectivity index (χ2v) is 4.37. The SMILES string of the molecule is CCC(NC(C)c1cccs1)C(=O)OC. The Morgan fingerprint density at radius 2 is 2.40 bits per heavy atom. The van der Waals surface area contributed by atoms with Gasteiger partial charge in [-0.3, -0.25) is 10.1 Å². The van der Waals surface area contributed by atoms with Crippen LogP contribution in [-0.4, -0.2) is 19.1 Å². The van der Waals surface area contributed by atoms with Crippen LogP contribution in [0.5, 0.6) is 0 Å². The van der Waals surface area contributed by atoms with Gasteiger partial charge in [-0.1, -0.05) is 13.0 Å². The van der Waals surface area contributed by atoms with Gasteiger partial charge in [-0.25, -0.2) is 0 Å². The lowest BCUT2D eigenvalue weighted by Crippen LogP contribution is -2.38. The fourth-order valence-electron chi connectivity index (χ4n) is 1.42. The minimum absolute atomic E-state index is 0.189. The third-order valence-electron chi connectivity index (χ3n) is 2.32. The summed E-state index contributed by atoms with van der Waals surface area (Å²) in [6, 6.07) is 4.05. The smallest absolute Gasteiger partial charge is 0.322 e. The van der Waals surface area contributed by atoms with Crippen LogP contribution in [0.4, 0.5) is 0 Å². The Morgan fingerprint density at radius 3 is 2.87 bits per heavy atom. The highest BCUT2D eigenvalue weighted by molar-refractivity contribution is 7.10. The van der Waals surface area contributed by atoms with Gasteiger partial charge < -0.3 is 4.74 Å². The summed E-state index contributed by atoms with van der Waals surface area (Å²) in [6.07, 6.45) is 0.738. The zero-order valence-electron chi connectivity index (χ0n) is 9.32. The van der Waals surface area contributed by atoms with Gasteiger partial charge in [0.05, 0.1) is 7.11 Å². The van der Waals surface area contributed by atoms with Crippen LogP contribution in [0, 0.1) is 0 Å². The minimum atomic E-state index is -0.216. The van der Waals surface area contributed by atoms with E-state index in [-0.39, 0.29) is 18.1 Å².